The molecule has 2 rings (SSSR count). The maximum Gasteiger partial charge on any atom is 0.270 e. The molecule has 1 fully saturated rings. The predicted molar refractivity (Wildman–Crippen MR) is 76.0 cm³/mol. The predicted octanol–water partition coefficient (Wildman–Crippen LogP) is -0.312. The Morgan fingerprint density at radius 1 is 1.27 bits per heavy atom. The van der Waals surface area contributed by atoms with E-state index in [0.29, 0.717) is 26.3 Å². The Morgan fingerprint density at radius 2 is 2.00 bits per heavy atom. The Bertz CT molecular complexity index is 571. The van der Waals surface area contributed by atoms with E-state index in [1.54, 1.807) is 0 Å². The molecule has 1 heterocycles. The number of benzene rings is 1. The second-order valence-corrected chi connectivity index (χ2v) is 4.70. The van der Waals surface area contributed by atoms with Gasteiger partial charge in [0.25, 0.3) is 17.5 Å². The first-order chi connectivity index (χ1) is 10.6. The van der Waals surface area contributed by atoms with Crippen LogP contribution in [0.2, 0.25) is 0 Å². The highest BCUT2D eigenvalue weighted by Crippen LogP contribution is 2.12. The van der Waals surface area contributed by atoms with Crippen molar-refractivity contribution in [1.29, 1.82) is 0 Å². The smallest absolute Gasteiger partial charge is 0.270 e. The molecular weight excluding hydrogens is 292 g/mol. The van der Waals surface area contributed by atoms with Gasteiger partial charge in [-0.1, -0.05) is 6.07 Å². The van der Waals surface area contributed by atoms with E-state index in [0.717, 1.165) is 6.07 Å². The van der Waals surface area contributed by atoms with Crippen molar-refractivity contribution in [1.82, 2.24) is 15.8 Å². The third-order valence-electron chi connectivity index (χ3n) is 3.11. The summed E-state index contributed by atoms with van der Waals surface area (Å²) in [5, 5.41) is 10.7. The van der Waals surface area contributed by atoms with E-state index in [-0.39, 0.29) is 23.7 Å². The van der Waals surface area contributed by atoms with E-state index in [1.165, 1.54) is 18.2 Å². The standard InChI is InChI=1S/C13H16N4O5/c18-12(9-16-4-6-22-7-5-16)14-15-13(19)10-2-1-3-11(8-10)17(20)21/h1-3,8H,4-7,9H2,(H,14,18)(H,15,19). The Balaban J connectivity index is 1.82. The molecule has 0 radical (unpaired) electrons. The molecular formula is C13H16N4O5. The molecule has 0 aromatic heterocycles. The highest BCUT2D eigenvalue weighted by atomic mass is 16.6. The van der Waals surface area contributed by atoms with E-state index in [4.69, 9.17) is 4.74 Å². The third kappa shape index (κ3) is 4.50. The van der Waals surface area contributed by atoms with Gasteiger partial charge in [0.1, 0.15) is 0 Å². The molecule has 2 N–H and O–H groups in total. The molecule has 22 heavy (non-hydrogen) atoms. The normalized spacial score (nSPS) is 15.1. The van der Waals surface area contributed by atoms with Crippen LogP contribution in [0, 0.1) is 10.1 Å². The number of nitro groups is 1. The average Bonchev–Trinajstić information content (AvgIpc) is 2.53. The van der Waals surface area contributed by atoms with Gasteiger partial charge < -0.3 is 4.74 Å². The number of carbonyl (C=O) groups excluding carboxylic acids is 2. The Kier molecular flexibility index (Phi) is 5.39. The van der Waals surface area contributed by atoms with E-state index in [1.807, 2.05) is 4.90 Å². The van der Waals surface area contributed by atoms with Crippen LogP contribution < -0.4 is 10.9 Å². The number of nitrogens with zero attached hydrogens (tertiary/aromatic N) is 2. The topological polar surface area (TPSA) is 114 Å². The minimum Gasteiger partial charge on any atom is -0.379 e. The summed E-state index contributed by atoms with van der Waals surface area (Å²) in [4.78, 5) is 35.5. The SMILES string of the molecule is O=C(CN1CCOCC1)NNC(=O)c1cccc([N+](=O)[O-])c1. The quantitative estimate of drug-likeness (QED) is 0.582. The van der Waals surface area contributed by atoms with E-state index in [9.17, 15) is 19.7 Å². The summed E-state index contributed by atoms with van der Waals surface area (Å²) in [6.45, 7) is 2.62. The number of carbonyl (C=O) groups is 2. The first-order valence-corrected chi connectivity index (χ1v) is 6.70. The number of hydrogen-bond donors (Lipinski definition) is 2. The first-order valence-electron chi connectivity index (χ1n) is 6.70. The lowest BCUT2D eigenvalue weighted by Gasteiger charge is -2.25. The molecule has 0 saturated carbocycles. The van der Waals surface area contributed by atoms with Crippen molar-refractivity contribution in [2.24, 2.45) is 0 Å². The number of non-ortho nitro benzene ring substituents is 1. The lowest BCUT2D eigenvalue weighted by atomic mass is 10.2. The van der Waals surface area contributed by atoms with E-state index >= 15 is 0 Å². The van der Waals surface area contributed by atoms with Crippen LogP contribution in [0.3, 0.4) is 0 Å². The van der Waals surface area contributed by atoms with Crippen molar-refractivity contribution in [2.75, 3.05) is 32.8 Å². The van der Waals surface area contributed by atoms with E-state index < -0.39 is 10.8 Å². The fraction of sp³-hybridized carbons (Fsp3) is 0.385. The number of nitrogens with one attached hydrogen (secondary N) is 2. The Labute approximate surface area is 126 Å². The summed E-state index contributed by atoms with van der Waals surface area (Å²) in [6, 6.07) is 5.26. The molecule has 0 bridgehead atoms. The summed E-state index contributed by atoms with van der Waals surface area (Å²) in [6.07, 6.45) is 0. The Morgan fingerprint density at radius 3 is 2.68 bits per heavy atom. The van der Waals surface area contributed by atoms with Gasteiger partial charge >= 0.3 is 0 Å². The zero-order chi connectivity index (χ0) is 15.9. The number of nitro benzene ring substituents is 1. The van der Waals surface area contributed by atoms with Crippen molar-refractivity contribution in [2.45, 2.75) is 0 Å². The molecule has 0 spiro atoms. The molecule has 9 heteroatoms. The average molecular weight is 308 g/mol. The fourth-order valence-electron chi connectivity index (χ4n) is 1.96. The van der Waals surface area contributed by atoms with Gasteiger partial charge in [0.05, 0.1) is 24.7 Å². The molecule has 118 valence electrons. The highest BCUT2D eigenvalue weighted by Gasteiger charge is 2.15. The third-order valence-corrected chi connectivity index (χ3v) is 3.11. The largest absolute Gasteiger partial charge is 0.379 e. The summed E-state index contributed by atoms with van der Waals surface area (Å²) < 4.78 is 5.17. The number of hydrogen-bond acceptors (Lipinski definition) is 6. The minimum atomic E-state index is -0.612. The molecule has 1 aromatic carbocycles. The van der Waals surface area contributed by atoms with Crippen LogP contribution in [0.25, 0.3) is 0 Å². The summed E-state index contributed by atoms with van der Waals surface area (Å²) >= 11 is 0. The van der Waals surface area contributed by atoms with Crippen molar-refractivity contribution in [3.05, 3.63) is 39.9 Å². The molecule has 0 unspecified atom stereocenters. The summed E-state index contributed by atoms with van der Waals surface area (Å²) in [7, 11) is 0. The lowest BCUT2D eigenvalue weighted by Crippen LogP contribution is -2.48. The van der Waals surface area contributed by atoms with Crippen LogP contribution >= 0.6 is 0 Å². The molecule has 1 saturated heterocycles. The van der Waals surface area contributed by atoms with Gasteiger partial charge in [0.15, 0.2) is 0 Å². The van der Waals surface area contributed by atoms with Gasteiger partial charge in [0, 0.05) is 30.8 Å². The van der Waals surface area contributed by atoms with Gasteiger partial charge in [0.2, 0.25) is 0 Å². The molecule has 0 atom stereocenters. The maximum atomic E-state index is 11.8. The number of amides is 2. The zero-order valence-electron chi connectivity index (χ0n) is 11.8. The van der Waals surface area contributed by atoms with Crippen molar-refractivity contribution in [3.63, 3.8) is 0 Å². The number of ether oxygens (including phenoxy) is 1. The second kappa shape index (κ2) is 7.48. The minimum absolute atomic E-state index is 0.0980. The first kappa shape index (κ1) is 15.9. The molecule has 1 aliphatic heterocycles. The molecule has 1 aromatic rings. The molecule has 1 aliphatic rings. The highest BCUT2D eigenvalue weighted by molar-refractivity contribution is 5.96. The maximum absolute atomic E-state index is 11.8. The van der Waals surface area contributed by atoms with Gasteiger partial charge in [-0.3, -0.25) is 35.5 Å². The van der Waals surface area contributed by atoms with Crippen LogP contribution in [0.1, 0.15) is 10.4 Å². The van der Waals surface area contributed by atoms with Crippen LogP contribution in [0.15, 0.2) is 24.3 Å². The van der Waals surface area contributed by atoms with Crippen molar-refractivity contribution < 1.29 is 19.2 Å². The fourth-order valence-corrected chi connectivity index (χ4v) is 1.96. The summed E-state index contributed by atoms with van der Waals surface area (Å²) in [5.41, 5.74) is 4.43. The number of hydrazine groups is 1. The van der Waals surface area contributed by atoms with Crippen molar-refractivity contribution in [3.8, 4) is 0 Å². The van der Waals surface area contributed by atoms with Crippen molar-refractivity contribution >= 4 is 17.5 Å². The number of rotatable bonds is 4. The van der Waals surface area contributed by atoms with Crippen LogP contribution in [-0.2, 0) is 9.53 Å². The zero-order valence-corrected chi connectivity index (χ0v) is 11.8. The molecule has 2 amide bonds. The Hall–Kier alpha value is -2.52. The van der Waals surface area contributed by atoms with Crippen LogP contribution in [0.4, 0.5) is 5.69 Å². The lowest BCUT2D eigenvalue weighted by molar-refractivity contribution is -0.384. The summed E-state index contributed by atoms with van der Waals surface area (Å²) in [5.74, 6) is -0.972. The monoisotopic (exact) mass is 308 g/mol. The van der Waals surface area contributed by atoms with Gasteiger partial charge in [-0.25, -0.2) is 0 Å². The van der Waals surface area contributed by atoms with E-state index in [2.05, 4.69) is 10.9 Å². The van der Waals surface area contributed by atoms with Gasteiger partial charge in [-0.15, -0.1) is 0 Å². The van der Waals surface area contributed by atoms with Crippen LogP contribution in [0.5, 0.6) is 0 Å². The molecule has 0 aliphatic carbocycles. The van der Waals surface area contributed by atoms with Gasteiger partial charge in [-0.05, 0) is 6.07 Å². The number of morpholine rings is 1. The molecule has 9 nitrogen and oxygen atoms in total. The second-order valence-electron chi connectivity index (χ2n) is 4.70. The van der Waals surface area contributed by atoms with Gasteiger partial charge in [-0.2, -0.15) is 0 Å². The van der Waals surface area contributed by atoms with Crippen LogP contribution in [-0.4, -0.2) is 54.5 Å².